The lowest BCUT2D eigenvalue weighted by atomic mass is 10.1. The molecule has 0 saturated heterocycles. The van der Waals surface area contributed by atoms with Gasteiger partial charge in [0.1, 0.15) is 6.04 Å². The molecule has 0 unspecified atom stereocenters. The third kappa shape index (κ3) is 6.15. The third-order valence-electron chi connectivity index (χ3n) is 5.22. The molecule has 2 N–H and O–H groups in total. The second kappa shape index (κ2) is 10.7. The van der Waals surface area contributed by atoms with Crippen molar-refractivity contribution in [2.24, 2.45) is 0 Å². The summed E-state index contributed by atoms with van der Waals surface area (Å²) in [7, 11) is -3.82. The molecule has 0 radical (unpaired) electrons. The molecular weight excluding hydrogens is 474 g/mol. The Kier molecular flexibility index (Phi) is 7.96. The van der Waals surface area contributed by atoms with E-state index in [9.17, 15) is 18.0 Å². The summed E-state index contributed by atoms with van der Waals surface area (Å²) < 4.78 is 26.3. The number of halogens is 1. The van der Waals surface area contributed by atoms with Crippen molar-refractivity contribution in [1.82, 2.24) is 5.32 Å². The van der Waals surface area contributed by atoms with Crippen LogP contribution in [0.4, 0.5) is 11.4 Å². The molecule has 0 aliphatic rings. The zero-order valence-electron chi connectivity index (χ0n) is 19.1. The number of amides is 2. The summed E-state index contributed by atoms with van der Waals surface area (Å²) in [6, 6.07) is 19.7. The van der Waals surface area contributed by atoms with Crippen LogP contribution in [0, 0.1) is 6.92 Å². The molecule has 34 heavy (non-hydrogen) atoms. The van der Waals surface area contributed by atoms with E-state index in [1.165, 1.54) is 13.0 Å². The highest BCUT2D eigenvalue weighted by Crippen LogP contribution is 2.29. The number of carbonyl (C=O) groups is 2. The molecule has 0 aliphatic carbocycles. The zero-order chi connectivity index (χ0) is 24.9. The van der Waals surface area contributed by atoms with Crippen LogP contribution in [0.3, 0.4) is 0 Å². The van der Waals surface area contributed by atoms with Gasteiger partial charge in [-0.1, -0.05) is 60.1 Å². The smallest absolute Gasteiger partial charge is 0.253 e. The Hall–Kier alpha value is -3.36. The van der Waals surface area contributed by atoms with Gasteiger partial charge in [0.2, 0.25) is 15.9 Å². The molecule has 3 rings (SSSR count). The second-order valence-electron chi connectivity index (χ2n) is 7.87. The first-order valence-corrected chi connectivity index (χ1v) is 12.8. The van der Waals surface area contributed by atoms with Crippen LogP contribution in [0.15, 0.2) is 72.8 Å². The maximum atomic E-state index is 13.1. The Morgan fingerprint density at radius 3 is 2.32 bits per heavy atom. The van der Waals surface area contributed by atoms with Crippen LogP contribution in [0.25, 0.3) is 0 Å². The molecule has 9 heteroatoms. The van der Waals surface area contributed by atoms with Crippen LogP contribution in [0.2, 0.25) is 5.02 Å². The summed E-state index contributed by atoms with van der Waals surface area (Å²) in [4.78, 5) is 25.9. The van der Waals surface area contributed by atoms with E-state index in [1.54, 1.807) is 43.3 Å². The number of sulfonamides is 1. The van der Waals surface area contributed by atoms with Crippen molar-refractivity contribution in [3.8, 4) is 0 Å². The second-order valence-corrected chi connectivity index (χ2v) is 10.2. The van der Waals surface area contributed by atoms with E-state index in [-0.39, 0.29) is 17.2 Å². The average Bonchev–Trinajstić information content (AvgIpc) is 2.80. The molecule has 0 fully saturated rings. The first kappa shape index (κ1) is 25.3. The van der Waals surface area contributed by atoms with Crippen molar-refractivity contribution in [2.45, 2.75) is 26.4 Å². The van der Waals surface area contributed by atoms with Crippen molar-refractivity contribution < 1.29 is 18.0 Å². The molecular formula is C25H26ClN3O4S. The Morgan fingerprint density at radius 2 is 1.65 bits per heavy atom. The van der Waals surface area contributed by atoms with Crippen molar-refractivity contribution in [3.63, 3.8) is 0 Å². The van der Waals surface area contributed by atoms with E-state index in [1.807, 2.05) is 30.3 Å². The molecule has 3 aromatic rings. The molecule has 0 bridgehead atoms. The van der Waals surface area contributed by atoms with Crippen LogP contribution < -0.4 is 14.9 Å². The van der Waals surface area contributed by atoms with Gasteiger partial charge in [-0.25, -0.2) is 8.42 Å². The number of anilines is 2. The van der Waals surface area contributed by atoms with Crippen molar-refractivity contribution in [1.29, 1.82) is 0 Å². The van der Waals surface area contributed by atoms with Crippen LogP contribution >= 0.6 is 11.6 Å². The summed E-state index contributed by atoms with van der Waals surface area (Å²) in [5.74, 6) is -0.953. The number of aryl methyl sites for hydroxylation is 1. The summed E-state index contributed by atoms with van der Waals surface area (Å²) in [5, 5.41) is 5.89. The lowest BCUT2D eigenvalue weighted by Gasteiger charge is -2.29. The molecule has 0 aliphatic heterocycles. The van der Waals surface area contributed by atoms with E-state index in [0.717, 1.165) is 16.1 Å². The van der Waals surface area contributed by atoms with Crippen molar-refractivity contribution in [2.75, 3.05) is 15.9 Å². The number of nitrogens with one attached hydrogen (secondary N) is 2. The first-order valence-electron chi connectivity index (χ1n) is 10.6. The van der Waals surface area contributed by atoms with Crippen LogP contribution in [0.5, 0.6) is 0 Å². The van der Waals surface area contributed by atoms with Gasteiger partial charge in [-0.3, -0.25) is 13.9 Å². The van der Waals surface area contributed by atoms with Gasteiger partial charge < -0.3 is 10.6 Å². The summed E-state index contributed by atoms with van der Waals surface area (Å²) >= 11 is 6.09. The van der Waals surface area contributed by atoms with Gasteiger partial charge in [0.25, 0.3) is 5.91 Å². The Bertz CT molecular complexity index is 1300. The zero-order valence-corrected chi connectivity index (χ0v) is 20.7. The van der Waals surface area contributed by atoms with E-state index in [2.05, 4.69) is 10.6 Å². The van der Waals surface area contributed by atoms with Crippen molar-refractivity contribution in [3.05, 3.63) is 94.5 Å². The number of carbonyl (C=O) groups excluding carboxylic acids is 2. The van der Waals surface area contributed by atoms with E-state index in [4.69, 9.17) is 11.6 Å². The number of benzene rings is 3. The fourth-order valence-corrected chi connectivity index (χ4v) is 4.89. The van der Waals surface area contributed by atoms with Gasteiger partial charge in [0.05, 0.1) is 23.2 Å². The molecule has 0 heterocycles. The highest BCUT2D eigenvalue weighted by molar-refractivity contribution is 7.92. The lowest BCUT2D eigenvalue weighted by Crippen LogP contribution is -2.45. The highest BCUT2D eigenvalue weighted by atomic mass is 35.5. The number of hydrogen-bond acceptors (Lipinski definition) is 4. The topological polar surface area (TPSA) is 95.6 Å². The molecule has 0 aromatic heterocycles. The van der Waals surface area contributed by atoms with Gasteiger partial charge in [-0.2, -0.15) is 0 Å². The van der Waals surface area contributed by atoms with Gasteiger partial charge in [-0.15, -0.1) is 0 Å². The number of rotatable bonds is 8. The first-order chi connectivity index (χ1) is 16.1. The average molecular weight is 500 g/mol. The molecule has 0 spiro atoms. The van der Waals surface area contributed by atoms with Gasteiger partial charge >= 0.3 is 0 Å². The Labute approximate surface area is 204 Å². The molecule has 2 amide bonds. The minimum atomic E-state index is -3.82. The molecule has 0 saturated carbocycles. The number of para-hydroxylation sites is 1. The standard InChI is InChI=1S/C25H26ClN3O4S/c1-17-13-14-20(26)15-23(17)29(34(3,32)33)18(2)24(30)28-22-12-8-7-11-21(22)25(31)27-16-19-9-5-4-6-10-19/h4-15,18H,16H2,1-3H3,(H,27,31)(H,28,30)/t18-/m0/s1. The Morgan fingerprint density at radius 1 is 1.00 bits per heavy atom. The van der Waals surface area contributed by atoms with Crippen LogP contribution in [0.1, 0.15) is 28.4 Å². The maximum Gasteiger partial charge on any atom is 0.253 e. The fraction of sp³-hybridized carbons (Fsp3) is 0.200. The monoisotopic (exact) mass is 499 g/mol. The van der Waals surface area contributed by atoms with Gasteiger partial charge in [-0.05, 0) is 49.2 Å². The SMILES string of the molecule is Cc1ccc(Cl)cc1N([C@@H](C)C(=O)Nc1ccccc1C(=O)NCc1ccccc1)S(C)(=O)=O. The minimum absolute atomic E-state index is 0.267. The predicted molar refractivity (Wildman–Crippen MR) is 136 cm³/mol. The van der Waals surface area contributed by atoms with Crippen LogP contribution in [-0.2, 0) is 21.4 Å². The van der Waals surface area contributed by atoms with E-state index < -0.39 is 22.0 Å². The van der Waals surface area contributed by atoms with Crippen molar-refractivity contribution >= 4 is 44.8 Å². The summed E-state index contributed by atoms with van der Waals surface area (Å²) in [6.07, 6.45) is 1.03. The summed E-state index contributed by atoms with van der Waals surface area (Å²) in [5.41, 5.74) is 2.44. The maximum absolute atomic E-state index is 13.1. The summed E-state index contributed by atoms with van der Waals surface area (Å²) in [6.45, 7) is 3.55. The minimum Gasteiger partial charge on any atom is -0.348 e. The Balaban J connectivity index is 1.83. The van der Waals surface area contributed by atoms with E-state index in [0.29, 0.717) is 22.8 Å². The van der Waals surface area contributed by atoms with Crippen LogP contribution in [-0.4, -0.2) is 32.5 Å². The normalized spacial score (nSPS) is 12.0. The molecule has 7 nitrogen and oxygen atoms in total. The molecule has 1 atom stereocenters. The quantitative estimate of drug-likeness (QED) is 0.481. The molecule has 3 aromatic carbocycles. The van der Waals surface area contributed by atoms with Gasteiger partial charge in [0.15, 0.2) is 0 Å². The highest BCUT2D eigenvalue weighted by Gasteiger charge is 2.31. The largest absolute Gasteiger partial charge is 0.348 e. The fourth-order valence-electron chi connectivity index (χ4n) is 3.50. The van der Waals surface area contributed by atoms with Gasteiger partial charge in [0, 0.05) is 11.6 Å². The predicted octanol–water partition coefficient (Wildman–Crippen LogP) is 4.37. The number of hydrogen-bond donors (Lipinski definition) is 2. The lowest BCUT2D eigenvalue weighted by molar-refractivity contribution is -0.116. The van der Waals surface area contributed by atoms with E-state index >= 15 is 0 Å². The third-order valence-corrected chi connectivity index (χ3v) is 6.69. The molecule has 178 valence electrons. The number of nitrogens with zero attached hydrogens (tertiary/aromatic N) is 1.